The van der Waals surface area contributed by atoms with Crippen LogP contribution in [0, 0.1) is 11.8 Å². The summed E-state index contributed by atoms with van der Waals surface area (Å²) in [5.41, 5.74) is -1.20. The van der Waals surface area contributed by atoms with Crippen molar-refractivity contribution in [2.45, 2.75) is 56.7 Å². The van der Waals surface area contributed by atoms with E-state index in [4.69, 9.17) is 0 Å². The van der Waals surface area contributed by atoms with Crippen molar-refractivity contribution in [3.05, 3.63) is 0 Å². The molecule has 0 aromatic carbocycles. The minimum atomic E-state index is -4.15. The zero-order valence-electron chi connectivity index (χ0n) is 12.8. The van der Waals surface area contributed by atoms with Crippen LogP contribution in [0.3, 0.4) is 0 Å². The summed E-state index contributed by atoms with van der Waals surface area (Å²) < 4.78 is 37.9. The van der Waals surface area contributed by atoms with Gasteiger partial charge in [0, 0.05) is 6.42 Å². The number of carbonyl (C=O) groups excluding carboxylic acids is 1. The van der Waals surface area contributed by atoms with E-state index in [2.05, 4.69) is 5.32 Å². The number of rotatable bonds is 4. The normalized spacial score (nSPS) is 28.1. The second-order valence-electron chi connectivity index (χ2n) is 6.51. The molecule has 2 fully saturated rings. The number of carboxylic acid groups (broad SMARTS) is 1. The Morgan fingerprint density at radius 2 is 1.70 bits per heavy atom. The predicted octanol–water partition coefficient (Wildman–Crippen LogP) is 3.21. The van der Waals surface area contributed by atoms with Crippen molar-refractivity contribution in [2.75, 3.05) is 11.5 Å². The highest BCUT2D eigenvalue weighted by molar-refractivity contribution is 7.99. The van der Waals surface area contributed by atoms with Gasteiger partial charge in [-0.15, -0.1) is 0 Å². The summed E-state index contributed by atoms with van der Waals surface area (Å²) in [7, 11) is 0. The molecule has 132 valence electrons. The molecule has 2 N–H and O–H groups in total. The van der Waals surface area contributed by atoms with Crippen LogP contribution in [0.5, 0.6) is 0 Å². The van der Waals surface area contributed by atoms with E-state index in [0.717, 1.165) is 0 Å². The fourth-order valence-electron chi connectivity index (χ4n) is 3.39. The van der Waals surface area contributed by atoms with Crippen LogP contribution in [0.2, 0.25) is 0 Å². The molecule has 0 aromatic heterocycles. The Labute approximate surface area is 137 Å². The van der Waals surface area contributed by atoms with Crippen molar-refractivity contribution in [3.63, 3.8) is 0 Å². The Bertz CT molecular complexity index is 442. The van der Waals surface area contributed by atoms with Gasteiger partial charge in [-0.25, -0.2) is 4.79 Å². The summed E-state index contributed by atoms with van der Waals surface area (Å²) >= 11 is 1.66. The van der Waals surface area contributed by atoms with Crippen LogP contribution in [-0.2, 0) is 9.59 Å². The van der Waals surface area contributed by atoms with Gasteiger partial charge in [-0.3, -0.25) is 4.79 Å². The van der Waals surface area contributed by atoms with E-state index in [-0.39, 0.29) is 31.1 Å². The van der Waals surface area contributed by atoms with Crippen LogP contribution in [0.4, 0.5) is 13.2 Å². The van der Waals surface area contributed by atoms with Gasteiger partial charge < -0.3 is 10.4 Å². The first kappa shape index (κ1) is 18.4. The molecule has 0 spiro atoms. The molecule has 1 amide bonds. The fourth-order valence-corrected chi connectivity index (χ4v) is 4.58. The van der Waals surface area contributed by atoms with Gasteiger partial charge >= 0.3 is 12.1 Å². The Hall–Kier alpha value is -0.920. The molecule has 0 atom stereocenters. The summed E-state index contributed by atoms with van der Waals surface area (Å²) in [6.07, 6.45) is -2.41. The third-order valence-corrected chi connectivity index (χ3v) is 5.90. The molecule has 1 aliphatic heterocycles. The van der Waals surface area contributed by atoms with Crippen LogP contribution in [-0.4, -0.2) is 40.2 Å². The van der Waals surface area contributed by atoms with Gasteiger partial charge in [0.1, 0.15) is 5.54 Å². The number of alkyl halides is 3. The number of hydrogen-bond donors (Lipinski definition) is 2. The number of thioether (sulfide) groups is 1. The molecule has 2 rings (SSSR count). The molecular formula is C15H22F3NO3S. The van der Waals surface area contributed by atoms with Crippen molar-refractivity contribution >= 4 is 23.6 Å². The van der Waals surface area contributed by atoms with Crippen molar-refractivity contribution in [1.82, 2.24) is 5.32 Å². The van der Waals surface area contributed by atoms with Crippen LogP contribution >= 0.6 is 11.8 Å². The topological polar surface area (TPSA) is 66.4 Å². The molecule has 0 aromatic rings. The van der Waals surface area contributed by atoms with E-state index in [1.807, 2.05) is 0 Å². The largest absolute Gasteiger partial charge is 0.480 e. The van der Waals surface area contributed by atoms with E-state index in [1.54, 1.807) is 11.8 Å². The monoisotopic (exact) mass is 353 g/mol. The van der Waals surface area contributed by atoms with Crippen LogP contribution in [0.25, 0.3) is 0 Å². The molecule has 0 radical (unpaired) electrons. The van der Waals surface area contributed by atoms with Crippen LogP contribution in [0.1, 0.15) is 44.9 Å². The van der Waals surface area contributed by atoms with E-state index in [1.165, 1.54) is 0 Å². The lowest BCUT2D eigenvalue weighted by Crippen LogP contribution is -2.56. The lowest BCUT2D eigenvalue weighted by atomic mass is 9.80. The molecule has 2 aliphatic rings. The number of hydrogen-bond acceptors (Lipinski definition) is 3. The van der Waals surface area contributed by atoms with Gasteiger partial charge in [-0.1, -0.05) is 0 Å². The summed E-state index contributed by atoms with van der Waals surface area (Å²) in [4.78, 5) is 23.7. The third kappa shape index (κ3) is 4.78. The number of aliphatic carboxylic acids is 1. The van der Waals surface area contributed by atoms with Crippen LogP contribution < -0.4 is 5.32 Å². The van der Waals surface area contributed by atoms with E-state index >= 15 is 0 Å². The molecule has 4 nitrogen and oxygen atoms in total. The molecule has 1 saturated carbocycles. The first-order valence-corrected chi connectivity index (χ1v) is 9.07. The van der Waals surface area contributed by atoms with Gasteiger partial charge in [0.05, 0.1) is 5.92 Å². The highest BCUT2D eigenvalue weighted by atomic mass is 32.2. The summed E-state index contributed by atoms with van der Waals surface area (Å²) in [6, 6.07) is 0. The standard InChI is InChI=1S/C15H22F3NO3S/c16-15(17,18)11-3-1-10(2-4-11)9-12(20)19-14(13(21)22)5-7-23-8-6-14/h10-11H,1-9H2,(H,19,20)(H,21,22). The summed E-state index contributed by atoms with van der Waals surface area (Å²) in [5, 5.41) is 12.1. The Kier molecular flexibility index (Phi) is 5.86. The zero-order chi connectivity index (χ0) is 17.1. The molecule has 23 heavy (non-hydrogen) atoms. The van der Waals surface area contributed by atoms with Crippen molar-refractivity contribution in [2.24, 2.45) is 11.8 Å². The highest BCUT2D eigenvalue weighted by Crippen LogP contribution is 2.40. The second-order valence-corrected chi connectivity index (χ2v) is 7.74. The molecule has 0 bridgehead atoms. The van der Waals surface area contributed by atoms with Crippen LogP contribution in [0.15, 0.2) is 0 Å². The van der Waals surface area contributed by atoms with Gasteiger partial charge in [0.2, 0.25) is 5.91 Å². The zero-order valence-corrected chi connectivity index (χ0v) is 13.6. The Morgan fingerprint density at radius 3 is 2.17 bits per heavy atom. The minimum absolute atomic E-state index is 0.0577. The molecule has 0 unspecified atom stereocenters. The van der Waals surface area contributed by atoms with E-state index in [9.17, 15) is 27.9 Å². The SMILES string of the molecule is O=C(CC1CCC(C(F)(F)F)CC1)NC1(C(=O)O)CCSCC1. The van der Waals surface area contributed by atoms with Gasteiger partial charge in [0.25, 0.3) is 0 Å². The van der Waals surface area contributed by atoms with Gasteiger partial charge in [0.15, 0.2) is 0 Å². The minimum Gasteiger partial charge on any atom is -0.480 e. The lowest BCUT2D eigenvalue weighted by Gasteiger charge is -2.35. The Morgan fingerprint density at radius 1 is 1.13 bits per heavy atom. The maximum atomic E-state index is 12.6. The number of halogens is 3. The second kappa shape index (κ2) is 7.32. The maximum absolute atomic E-state index is 12.6. The summed E-state index contributed by atoms with van der Waals surface area (Å²) in [6.45, 7) is 0. The van der Waals surface area contributed by atoms with Crippen molar-refractivity contribution in [1.29, 1.82) is 0 Å². The number of carbonyl (C=O) groups is 2. The predicted molar refractivity (Wildman–Crippen MR) is 81.2 cm³/mol. The average molecular weight is 353 g/mol. The number of carboxylic acids is 1. The molecule has 1 aliphatic carbocycles. The van der Waals surface area contributed by atoms with Crippen molar-refractivity contribution < 1.29 is 27.9 Å². The van der Waals surface area contributed by atoms with E-state index < -0.39 is 23.6 Å². The molecule has 8 heteroatoms. The third-order valence-electron chi connectivity index (χ3n) is 4.92. The summed E-state index contributed by atoms with van der Waals surface area (Å²) in [5.74, 6) is -1.35. The smallest absolute Gasteiger partial charge is 0.391 e. The molecule has 1 heterocycles. The first-order chi connectivity index (χ1) is 10.7. The fraction of sp³-hybridized carbons (Fsp3) is 0.867. The average Bonchev–Trinajstić information content (AvgIpc) is 2.47. The quantitative estimate of drug-likeness (QED) is 0.814. The van der Waals surface area contributed by atoms with Crippen molar-refractivity contribution in [3.8, 4) is 0 Å². The lowest BCUT2D eigenvalue weighted by molar-refractivity contribution is -0.184. The van der Waals surface area contributed by atoms with Gasteiger partial charge in [-0.2, -0.15) is 24.9 Å². The Balaban J connectivity index is 1.84. The number of amides is 1. The van der Waals surface area contributed by atoms with Gasteiger partial charge in [-0.05, 0) is 55.9 Å². The maximum Gasteiger partial charge on any atom is 0.391 e. The highest BCUT2D eigenvalue weighted by Gasteiger charge is 2.43. The van der Waals surface area contributed by atoms with E-state index in [0.29, 0.717) is 37.2 Å². The first-order valence-electron chi connectivity index (χ1n) is 7.92. The molecular weight excluding hydrogens is 331 g/mol. The molecule has 1 saturated heterocycles. The number of nitrogens with one attached hydrogen (secondary N) is 1.